The van der Waals surface area contributed by atoms with Gasteiger partial charge in [-0.05, 0) is 31.5 Å². The van der Waals surface area contributed by atoms with E-state index >= 15 is 0 Å². The fourth-order valence-corrected chi connectivity index (χ4v) is 3.56. The topological polar surface area (TPSA) is 66.5 Å². The largest absolute Gasteiger partial charge is 0.408 e. The molecule has 0 aliphatic rings. The molecule has 0 radical (unpaired) electrons. The molecule has 1 aromatic carbocycles. The minimum absolute atomic E-state index is 0.0655. The maximum atomic E-state index is 12.7. The number of hydrogen-bond acceptors (Lipinski definition) is 5. The fourth-order valence-electron chi connectivity index (χ4n) is 2.70. The number of rotatable bonds is 3. The Morgan fingerprint density at radius 2 is 2.04 bits per heavy atom. The Kier molecular flexibility index (Phi) is 3.83. The van der Waals surface area contributed by atoms with Crippen LogP contribution in [0.5, 0.6) is 0 Å². The number of aromatic nitrogens is 4. The SMILES string of the molecule is Cc1nc2ccc(-c3c[nH]c4nc(NC(C)C(F)(F)F)ncc34)cc2s1. The van der Waals surface area contributed by atoms with E-state index in [4.69, 9.17) is 0 Å². The van der Waals surface area contributed by atoms with Crippen molar-refractivity contribution in [1.82, 2.24) is 19.9 Å². The lowest BCUT2D eigenvalue weighted by molar-refractivity contribution is -0.138. The molecule has 0 aliphatic carbocycles. The van der Waals surface area contributed by atoms with Crippen LogP contribution < -0.4 is 5.32 Å². The van der Waals surface area contributed by atoms with Crippen molar-refractivity contribution in [3.63, 3.8) is 0 Å². The Morgan fingerprint density at radius 3 is 2.81 bits per heavy atom. The molecule has 0 bridgehead atoms. The molecule has 5 nitrogen and oxygen atoms in total. The summed E-state index contributed by atoms with van der Waals surface area (Å²) in [7, 11) is 0. The third-order valence-electron chi connectivity index (χ3n) is 4.08. The van der Waals surface area contributed by atoms with Gasteiger partial charge in [-0.3, -0.25) is 0 Å². The molecule has 1 unspecified atom stereocenters. The molecule has 134 valence electrons. The van der Waals surface area contributed by atoms with E-state index in [1.165, 1.54) is 6.20 Å². The highest BCUT2D eigenvalue weighted by atomic mass is 32.1. The fraction of sp³-hybridized carbons (Fsp3) is 0.235. The van der Waals surface area contributed by atoms with Crippen LogP contribution in [0.25, 0.3) is 32.4 Å². The summed E-state index contributed by atoms with van der Waals surface area (Å²) in [6, 6.07) is 4.23. The first-order valence-corrected chi connectivity index (χ1v) is 8.68. The van der Waals surface area contributed by atoms with Gasteiger partial charge in [-0.1, -0.05) is 6.07 Å². The molecule has 0 amide bonds. The van der Waals surface area contributed by atoms with Crippen LogP contribution in [0.4, 0.5) is 19.1 Å². The summed E-state index contributed by atoms with van der Waals surface area (Å²) in [6.45, 7) is 2.99. The Balaban J connectivity index is 1.70. The second-order valence-corrected chi connectivity index (χ2v) is 7.22. The number of fused-ring (bicyclic) bond motifs is 2. The van der Waals surface area contributed by atoms with Gasteiger partial charge in [0.2, 0.25) is 5.95 Å². The van der Waals surface area contributed by atoms with Crippen molar-refractivity contribution < 1.29 is 13.2 Å². The smallest absolute Gasteiger partial charge is 0.345 e. The highest BCUT2D eigenvalue weighted by Crippen LogP contribution is 2.32. The lowest BCUT2D eigenvalue weighted by atomic mass is 10.1. The zero-order valence-electron chi connectivity index (χ0n) is 13.8. The second kappa shape index (κ2) is 5.94. The first-order valence-electron chi connectivity index (χ1n) is 7.86. The first-order chi connectivity index (χ1) is 12.3. The summed E-state index contributed by atoms with van der Waals surface area (Å²) in [6.07, 6.45) is -1.05. The molecule has 0 aliphatic heterocycles. The molecule has 3 aromatic heterocycles. The zero-order chi connectivity index (χ0) is 18.5. The monoisotopic (exact) mass is 377 g/mol. The normalized spacial score (nSPS) is 13.4. The number of aryl methyl sites for hydroxylation is 1. The maximum absolute atomic E-state index is 12.7. The number of alkyl halides is 3. The Labute approximate surface area is 150 Å². The summed E-state index contributed by atoms with van der Waals surface area (Å²) < 4.78 is 39.1. The predicted octanol–water partition coefficient (Wildman–Crippen LogP) is 4.91. The average Bonchev–Trinajstić information content (AvgIpc) is 3.14. The number of nitrogens with zero attached hydrogens (tertiary/aromatic N) is 3. The van der Waals surface area contributed by atoms with Gasteiger partial charge in [-0.15, -0.1) is 11.3 Å². The number of anilines is 1. The quantitative estimate of drug-likeness (QED) is 0.533. The van der Waals surface area contributed by atoms with Gasteiger partial charge in [0.25, 0.3) is 0 Å². The molecule has 9 heteroatoms. The minimum Gasteiger partial charge on any atom is -0.345 e. The lowest BCUT2D eigenvalue weighted by Gasteiger charge is -2.16. The van der Waals surface area contributed by atoms with Crippen molar-refractivity contribution in [2.75, 3.05) is 5.32 Å². The minimum atomic E-state index is -4.36. The van der Waals surface area contributed by atoms with Crippen LogP contribution in [0.2, 0.25) is 0 Å². The van der Waals surface area contributed by atoms with Crippen molar-refractivity contribution in [2.24, 2.45) is 0 Å². The molecular weight excluding hydrogens is 363 g/mol. The van der Waals surface area contributed by atoms with Crippen LogP contribution >= 0.6 is 11.3 Å². The van der Waals surface area contributed by atoms with Gasteiger partial charge in [0.1, 0.15) is 11.7 Å². The van der Waals surface area contributed by atoms with Crippen LogP contribution in [0.15, 0.2) is 30.6 Å². The highest BCUT2D eigenvalue weighted by Gasteiger charge is 2.36. The summed E-state index contributed by atoms with van der Waals surface area (Å²) in [5.74, 6) is -0.0655. The Hall–Kier alpha value is -2.68. The van der Waals surface area contributed by atoms with Crippen LogP contribution in [0, 0.1) is 6.92 Å². The number of hydrogen-bond donors (Lipinski definition) is 2. The van der Waals surface area contributed by atoms with Gasteiger partial charge < -0.3 is 10.3 Å². The molecule has 3 heterocycles. The van der Waals surface area contributed by atoms with Gasteiger partial charge in [-0.25, -0.2) is 9.97 Å². The predicted molar refractivity (Wildman–Crippen MR) is 96.4 cm³/mol. The summed E-state index contributed by atoms with van der Waals surface area (Å²) >= 11 is 1.61. The van der Waals surface area contributed by atoms with Gasteiger partial charge in [0.05, 0.1) is 15.2 Å². The summed E-state index contributed by atoms with van der Waals surface area (Å²) in [5.41, 5.74) is 3.29. The Bertz CT molecular complexity index is 1100. The second-order valence-electron chi connectivity index (χ2n) is 5.98. The molecule has 4 aromatic rings. The maximum Gasteiger partial charge on any atom is 0.408 e. The van der Waals surface area contributed by atoms with Crippen LogP contribution in [0.3, 0.4) is 0 Å². The van der Waals surface area contributed by atoms with Crippen molar-refractivity contribution in [1.29, 1.82) is 0 Å². The van der Waals surface area contributed by atoms with Gasteiger partial charge in [0.15, 0.2) is 0 Å². The number of halogens is 3. The molecular formula is C17H14F3N5S. The standard InChI is InChI=1S/C17H14F3N5S/c1-8(17(18,19)20)23-16-22-7-12-11(6-21-15(12)25-16)10-3-4-13-14(5-10)26-9(2)24-13/h3-8H,1-2H3,(H2,21,22,23,25). The molecule has 0 saturated carbocycles. The van der Waals surface area contributed by atoms with E-state index in [0.29, 0.717) is 5.65 Å². The third kappa shape index (κ3) is 2.98. The molecule has 1 atom stereocenters. The number of H-pyrrole nitrogens is 1. The number of aromatic amines is 1. The highest BCUT2D eigenvalue weighted by molar-refractivity contribution is 7.18. The van der Waals surface area contributed by atoms with Gasteiger partial charge in [0, 0.05) is 23.3 Å². The molecule has 0 saturated heterocycles. The van der Waals surface area contributed by atoms with E-state index in [1.807, 2.05) is 25.1 Å². The van der Waals surface area contributed by atoms with Gasteiger partial charge in [-0.2, -0.15) is 18.2 Å². The third-order valence-corrected chi connectivity index (χ3v) is 5.01. The van der Waals surface area contributed by atoms with Crippen LogP contribution in [-0.2, 0) is 0 Å². The number of benzene rings is 1. The van der Waals surface area contributed by atoms with Gasteiger partial charge >= 0.3 is 6.18 Å². The Morgan fingerprint density at radius 1 is 1.23 bits per heavy atom. The van der Waals surface area contributed by atoms with E-state index in [2.05, 4.69) is 25.3 Å². The van der Waals surface area contributed by atoms with E-state index in [1.54, 1.807) is 17.5 Å². The summed E-state index contributed by atoms with van der Waals surface area (Å²) in [5, 5.41) is 4.02. The van der Waals surface area contributed by atoms with E-state index in [9.17, 15) is 13.2 Å². The van der Waals surface area contributed by atoms with Crippen molar-refractivity contribution in [2.45, 2.75) is 26.1 Å². The number of thiazole rings is 1. The van der Waals surface area contributed by atoms with Crippen molar-refractivity contribution in [3.05, 3.63) is 35.6 Å². The van der Waals surface area contributed by atoms with Crippen LogP contribution in [0.1, 0.15) is 11.9 Å². The molecule has 0 fully saturated rings. The zero-order valence-corrected chi connectivity index (χ0v) is 14.7. The molecule has 26 heavy (non-hydrogen) atoms. The molecule has 0 spiro atoms. The van der Waals surface area contributed by atoms with E-state index < -0.39 is 12.2 Å². The lowest BCUT2D eigenvalue weighted by Crippen LogP contribution is -2.33. The van der Waals surface area contributed by atoms with Crippen LogP contribution in [-0.4, -0.2) is 32.2 Å². The number of nitrogens with one attached hydrogen (secondary N) is 2. The van der Waals surface area contributed by atoms with E-state index in [-0.39, 0.29) is 5.95 Å². The average molecular weight is 377 g/mol. The van der Waals surface area contributed by atoms with Crippen molar-refractivity contribution >= 4 is 38.5 Å². The first kappa shape index (κ1) is 16.8. The molecule has 2 N–H and O–H groups in total. The summed E-state index contributed by atoms with van der Waals surface area (Å²) in [4.78, 5) is 15.6. The molecule has 4 rings (SSSR count). The van der Waals surface area contributed by atoms with Crippen molar-refractivity contribution in [3.8, 4) is 11.1 Å². The van der Waals surface area contributed by atoms with E-state index in [0.717, 1.165) is 38.7 Å².